The van der Waals surface area contributed by atoms with Gasteiger partial charge in [0.25, 0.3) is 0 Å². The monoisotopic (exact) mass is 211 g/mol. The zero-order valence-corrected chi connectivity index (χ0v) is 9.48. The van der Waals surface area contributed by atoms with Crippen LogP contribution in [0.25, 0.3) is 0 Å². The molecule has 0 aromatic rings. The molecule has 1 aliphatic carbocycles. The molecular weight excluding hydrogens is 190 g/mol. The second kappa shape index (κ2) is 4.52. The van der Waals surface area contributed by atoms with Crippen molar-refractivity contribution in [2.24, 2.45) is 11.8 Å². The smallest absolute Gasteiger partial charge is 0.308 e. The predicted molar refractivity (Wildman–Crippen MR) is 58.7 cm³/mol. The average Bonchev–Trinajstić information content (AvgIpc) is 2.58. The Morgan fingerprint density at radius 1 is 1.40 bits per heavy atom. The van der Waals surface area contributed by atoms with Crippen molar-refractivity contribution in [3.05, 3.63) is 0 Å². The molecule has 1 saturated heterocycles. The van der Waals surface area contributed by atoms with Crippen molar-refractivity contribution in [2.45, 2.75) is 45.1 Å². The quantitative estimate of drug-likeness (QED) is 0.773. The van der Waals surface area contributed by atoms with Crippen molar-refractivity contribution < 1.29 is 9.90 Å². The van der Waals surface area contributed by atoms with Crippen LogP contribution in [0.2, 0.25) is 0 Å². The number of aliphatic carboxylic acids is 1. The summed E-state index contributed by atoms with van der Waals surface area (Å²) in [6.45, 7) is 4.50. The van der Waals surface area contributed by atoms with Gasteiger partial charge in [-0.2, -0.15) is 0 Å². The van der Waals surface area contributed by atoms with Crippen molar-refractivity contribution >= 4 is 5.97 Å². The first-order chi connectivity index (χ1) is 7.22. The summed E-state index contributed by atoms with van der Waals surface area (Å²) in [5, 5.41) is 9.09. The third-order valence-corrected chi connectivity index (χ3v) is 3.95. The van der Waals surface area contributed by atoms with Crippen LogP contribution >= 0.6 is 0 Å². The molecular formula is C12H21NO2. The van der Waals surface area contributed by atoms with E-state index in [-0.39, 0.29) is 5.92 Å². The van der Waals surface area contributed by atoms with E-state index in [1.54, 1.807) is 0 Å². The van der Waals surface area contributed by atoms with Crippen LogP contribution in [0.5, 0.6) is 0 Å². The zero-order chi connectivity index (χ0) is 10.8. The molecule has 0 spiro atoms. The molecule has 2 rings (SSSR count). The molecule has 2 aliphatic rings. The number of likely N-dealkylation sites (tertiary alicyclic amines) is 1. The maximum atomic E-state index is 11.0. The minimum absolute atomic E-state index is 0.0902. The van der Waals surface area contributed by atoms with Crippen molar-refractivity contribution in [2.75, 3.05) is 13.1 Å². The Labute approximate surface area is 91.5 Å². The van der Waals surface area contributed by atoms with E-state index in [9.17, 15) is 4.79 Å². The standard InChI is InChI=1S/C12H21NO2/c1-2-4-9-7-13(8-9)11-6-3-5-10(11)12(14)15/h9-11H,2-8H2,1H3,(H,14,15). The normalized spacial score (nSPS) is 32.9. The molecule has 2 fully saturated rings. The van der Waals surface area contributed by atoms with Crippen molar-refractivity contribution in [1.29, 1.82) is 0 Å². The van der Waals surface area contributed by atoms with Crippen LogP contribution in [0, 0.1) is 11.8 Å². The number of hydrogen-bond acceptors (Lipinski definition) is 2. The topological polar surface area (TPSA) is 40.5 Å². The Kier molecular flexibility index (Phi) is 3.29. The van der Waals surface area contributed by atoms with Crippen LogP contribution in [0.1, 0.15) is 39.0 Å². The van der Waals surface area contributed by atoms with Gasteiger partial charge >= 0.3 is 5.97 Å². The Balaban J connectivity index is 1.82. The minimum Gasteiger partial charge on any atom is -0.481 e. The van der Waals surface area contributed by atoms with Crippen molar-refractivity contribution in [3.8, 4) is 0 Å². The van der Waals surface area contributed by atoms with Gasteiger partial charge in [-0.05, 0) is 25.2 Å². The number of rotatable bonds is 4. The molecule has 0 aromatic carbocycles. The third-order valence-electron chi connectivity index (χ3n) is 3.95. The van der Waals surface area contributed by atoms with E-state index in [0.29, 0.717) is 6.04 Å². The largest absolute Gasteiger partial charge is 0.481 e. The Morgan fingerprint density at radius 3 is 2.73 bits per heavy atom. The van der Waals surface area contributed by atoms with E-state index in [4.69, 9.17) is 5.11 Å². The van der Waals surface area contributed by atoms with Gasteiger partial charge in [0, 0.05) is 19.1 Å². The van der Waals surface area contributed by atoms with Crippen molar-refractivity contribution in [3.63, 3.8) is 0 Å². The molecule has 1 saturated carbocycles. The van der Waals surface area contributed by atoms with Crippen LogP contribution in [0.15, 0.2) is 0 Å². The molecule has 3 nitrogen and oxygen atoms in total. The summed E-state index contributed by atoms with van der Waals surface area (Å²) in [5.74, 6) is 0.161. The molecule has 1 aliphatic heterocycles. The number of hydrogen-bond donors (Lipinski definition) is 1. The SMILES string of the molecule is CCCC1CN(C2CCCC2C(=O)O)C1. The zero-order valence-electron chi connectivity index (χ0n) is 9.48. The molecule has 1 heterocycles. The highest BCUT2D eigenvalue weighted by Crippen LogP contribution is 2.35. The fourth-order valence-corrected chi connectivity index (χ4v) is 3.14. The molecule has 0 bridgehead atoms. The second-order valence-electron chi connectivity index (χ2n) is 5.05. The van der Waals surface area contributed by atoms with Gasteiger partial charge in [0.1, 0.15) is 0 Å². The summed E-state index contributed by atoms with van der Waals surface area (Å²) in [5.41, 5.74) is 0. The third kappa shape index (κ3) is 2.17. The molecule has 1 N–H and O–H groups in total. The van der Waals surface area contributed by atoms with Gasteiger partial charge in [-0.15, -0.1) is 0 Å². The second-order valence-corrected chi connectivity index (χ2v) is 5.05. The first-order valence-electron chi connectivity index (χ1n) is 6.19. The minimum atomic E-state index is -0.587. The molecule has 0 radical (unpaired) electrons. The number of carbonyl (C=O) groups is 1. The fourth-order valence-electron chi connectivity index (χ4n) is 3.14. The highest BCUT2D eigenvalue weighted by atomic mass is 16.4. The van der Waals surface area contributed by atoms with E-state index < -0.39 is 5.97 Å². The van der Waals surface area contributed by atoms with E-state index in [1.165, 1.54) is 12.8 Å². The van der Waals surface area contributed by atoms with Crippen LogP contribution in [-0.2, 0) is 4.79 Å². The molecule has 86 valence electrons. The lowest BCUT2D eigenvalue weighted by Gasteiger charge is -2.44. The van der Waals surface area contributed by atoms with Gasteiger partial charge in [-0.25, -0.2) is 0 Å². The van der Waals surface area contributed by atoms with Gasteiger partial charge in [0.15, 0.2) is 0 Å². The average molecular weight is 211 g/mol. The van der Waals surface area contributed by atoms with Gasteiger partial charge in [-0.3, -0.25) is 9.69 Å². The lowest BCUT2D eigenvalue weighted by Crippen LogP contribution is -2.54. The summed E-state index contributed by atoms with van der Waals surface area (Å²) in [7, 11) is 0. The number of carboxylic acids is 1. The first-order valence-corrected chi connectivity index (χ1v) is 6.19. The Hall–Kier alpha value is -0.570. The fraction of sp³-hybridized carbons (Fsp3) is 0.917. The van der Waals surface area contributed by atoms with E-state index >= 15 is 0 Å². The van der Waals surface area contributed by atoms with E-state index in [2.05, 4.69) is 11.8 Å². The summed E-state index contributed by atoms with van der Waals surface area (Å²) in [6, 6.07) is 0.343. The van der Waals surface area contributed by atoms with E-state index in [1.807, 2.05) is 0 Å². The Bertz CT molecular complexity index is 236. The van der Waals surface area contributed by atoms with Crippen LogP contribution in [0.3, 0.4) is 0 Å². The van der Waals surface area contributed by atoms with Gasteiger partial charge < -0.3 is 5.11 Å². The van der Waals surface area contributed by atoms with Gasteiger partial charge in [0.05, 0.1) is 5.92 Å². The lowest BCUT2D eigenvalue weighted by atomic mass is 9.90. The first kappa shape index (κ1) is 10.9. The highest BCUT2D eigenvalue weighted by Gasteiger charge is 2.41. The Morgan fingerprint density at radius 2 is 2.13 bits per heavy atom. The molecule has 15 heavy (non-hydrogen) atoms. The van der Waals surface area contributed by atoms with Gasteiger partial charge in [0.2, 0.25) is 0 Å². The maximum Gasteiger partial charge on any atom is 0.308 e. The molecule has 0 aromatic heterocycles. The number of nitrogens with zero attached hydrogens (tertiary/aromatic N) is 1. The highest BCUT2D eigenvalue weighted by molar-refractivity contribution is 5.71. The van der Waals surface area contributed by atoms with Crippen LogP contribution in [0.4, 0.5) is 0 Å². The van der Waals surface area contributed by atoms with E-state index in [0.717, 1.165) is 38.3 Å². The molecule has 2 unspecified atom stereocenters. The molecule has 2 atom stereocenters. The summed E-state index contributed by atoms with van der Waals surface area (Å²) in [6.07, 6.45) is 5.63. The van der Waals surface area contributed by atoms with Crippen LogP contribution < -0.4 is 0 Å². The lowest BCUT2D eigenvalue weighted by molar-refractivity contribution is -0.144. The van der Waals surface area contributed by atoms with Gasteiger partial charge in [-0.1, -0.05) is 19.8 Å². The molecule has 3 heteroatoms. The van der Waals surface area contributed by atoms with Crippen LogP contribution in [-0.4, -0.2) is 35.1 Å². The maximum absolute atomic E-state index is 11.0. The summed E-state index contributed by atoms with van der Waals surface area (Å²) in [4.78, 5) is 13.4. The summed E-state index contributed by atoms with van der Waals surface area (Å²) >= 11 is 0. The predicted octanol–water partition coefficient (Wildman–Crippen LogP) is 1.97. The van der Waals surface area contributed by atoms with Crippen molar-refractivity contribution in [1.82, 2.24) is 4.90 Å². The summed E-state index contributed by atoms with van der Waals surface area (Å²) < 4.78 is 0. The molecule has 0 amide bonds. The number of carboxylic acid groups (broad SMARTS) is 1.